The van der Waals surface area contributed by atoms with Gasteiger partial charge in [0, 0.05) is 23.1 Å². The van der Waals surface area contributed by atoms with Gasteiger partial charge in [-0.25, -0.2) is 8.42 Å². The monoisotopic (exact) mass is 617 g/mol. The number of sulfonamides is 1. The number of aryl methyl sites for hydroxylation is 3. The van der Waals surface area contributed by atoms with E-state index < -0.39 is 28.5 Å². The normalized spacial score (nSPS) is 12.2. The van der Waals surface area contributed by atoms with Gasteiger partial charge in [0.1, 0.15) is 12.6 Å². The number of carbonyl (C=O) groups is 2. The fourth-order valence-corrected chi connectivity index (χ4v) is 6.25. The molecule has 1 unspecified atom stereocenters. The molecule has 3 aromatic rings. The number of nitrogens with zero attached hydrogens (tertiary/aromatic N) is 2. The van der Waals surface area contributed by atoms with Crippen molar-refractivity contribution in [1.82, 2.24) is 10.2 Å². The van der Waals surface area contributed by atoms with Gasteiger partial charge in [0.2, 0.25) is 11.8 Å². The minimum atomic E-state index is -4.15. The molecule has 0 spiro atoms. The third-order valence-corrected chi connectivity index (χ3v) is 9.08. The van der Waals surface area contributed by atoms with Crippen molar-refractivity contribution in [1.29, 1.82) is 0 Å². The molecule has 0 aliphatic carbocycles. The third-order valence-electron chi connectivity index (χ3n) is 6.72. The van der Waals surface area contributed by atoms with Gasteiger partial charge in [-0.1, -0.05) is 78.5 Å². The van der Waals surface area contributed by atoms with E-state index in [0.29, 0.717) is 33.4 Å². The number of nitrogens with one attached hydrogen (secondary N) is 1. The number of carbonyl (C=O) groups excluding carboxylic acids is 2. The summed E-state index contributed by atoms with van der Waals surface area (Å²) in [6.45, 7) is 11.0. The van der Waals surface area contributed by atoms with Gasteiger partial charge in [-0.2, -0.15) is 0 Å². The number of benzene rings is 3. The summed E-state index contributed by atoms with van der Waals surface area (Å²) in [4.78, 5) is 28.6. The minimum absolute atomic E-state index is 0.0175. The Labute approximate surface area is 253 Å². The molecule has 220 valence electrons. The Morgan fingerprint density at radius 2 is 1.51 bits per heavy atom. The molecule has 0 fully saturated rings. The second-order valence-electron chi connectivity index (χ2n) is 10.7. The fraction of sp³-hybridized carbons (Fsp3) is 0.355. The van der Waals surface area contributed by atoms with Crippen LogP contribution in [0.5, 0.6) is 0 Å². The number of anilines is 1. The van der Waals surface area contributed by atoms with Crippen LogP contribution in [-0.4, -0.2) is 44.3 Å². The predicted molar refractivity (Wildman–Crippen MR) is 166 cm³/mol. The summed E-state index contributed by atoms with van der Waals surface area (Å²) in [7, 11) is -4.15. The average molecular weight is 619 g/mol. The smallest absolute Gasteiger partial charge is 0.264 e. The number of amides is 2. The van der Waals surface area contributed by atoms with Crippen LogP contribution in [0.3, 0.4) is 0 Å². The maximum Gasteiger partial charge on any atom is 0.264 e. The van der Waals surface area contributed by atoms with E-state index in [1.807, 2.05) is 33.8 Å². The molecule has 0 aromatic heterocycles. The van der Waals surface area contributed by atoms with E-state index >= 15 is 0 Å². The summed E-state index contributed by atoms with van der Waals surface area (Å²) in [5.74, 6) is -0.698. The van der Waals surface area contributed by atoms with E-state index in [-0.39, 0.29) is 23.3 Å². The van der Waals surface area contributed by atoms with E-state index in [4.69, 9.17) is 23.2 Å². The molecule has 0 saturated heterocycles. The van der Waals surface area contributed by atoms with E-state index in [0.717, 1.165) is 15.4 Å². The lowest BCUT2D eigenvalue weighted by Gasteiger charge is -2.32. The summed E-state index contributed by atoms with van der Waals surface area (Å²) in [5, 5.41) is 3.64. The molecule has 2 amide bonds. The maximum absolute atomic E-state index is 14.1. The Bertz CT molecular complexity index is 1510. The first kappa shape index (κ1) is 32.4. The first-order chi connectivity index (χ1) is 19.2. The molecule has 41 heavy (non-hydrogen) atoms. The zero-order valence-corrected chi connectivity index (χ0v) is 26.6. The van der Waals surface area contributed by atoms with Crippen LogP contribution in [0.4, 0.5) is 5.69 Å². The van der Waals surface area contributed by atoms with Crippen molar-refractivity contribution in [2.24, 2.45) is 5.92 Å². The number of hydrogen-bond acceptors (Lipinski definition) is 4. The third kappa shape index (κ3) is 8.24. The molecule has 1 atom stereocenters. The number of rotatable bonds is 11. The molecular weight excluding hydrogens is 581 g/mol. The van der Waals surface area contributed by atoms with Crippen molar-refractivity contribution in [3.63, 3.8) is 0 Å². The van der Waals surface area contributed by atoms with Crippen LogP contribution in [0.25, 0.3) is 0 Å². The molecule has 10 heteroatoms. The fourth-order valence-electron chi connectivity index (χ4n) is 4.30. The van der Waals surface area contributed by atoms with E-state index in [9.17, 15) is 18.0 Å². The topological polar surface area (TPSA) is 86.8 Å². The molecule has 0 aliphatic rings. The molecule has 3 rings (SSSR count). The van der Waals surface area contributed by atoms with Crippen molar-refractivity contribution in [2.75, 3.05) is 17.4 Å². The molecule has 1 N–H and O–H groups in total. The Kier molecular flexibility index (Phi) is 10.9. The van der Waals surface area contributed by atoms with Crippen LogP contribution in [0.15, 0.2) is 65.6 Å². The van der Waals surface area contributed by atoms with Crippen molar-refractivity contribution in [2.45, 2.75) is 59.0 Å². The number of hydrogen-bond donors (Lipinski definition) is 1. The highest BCUT2D eigenvalue weighted by molar-refractivity contribution is 7.92. The van der Waals surface area contributed by atoms with Crippen LogP contribution in [-0.2, 0) is 26.2 Å². The van der Waals surface area contributed by atoms with Gasteiger partial charge in [-0.15, -0.1) is 0 Å². The molecule has 0 radical (unpaired) electrons. The standard InChI is InChI=1S/C31H37Cl2N3O4S/c1-20(2)17-34-31(38)24(6)35(18-25-10-11-26(32)16-28(25)33)30(37)19-36(29-14-9-22(4)15-23(29)5)41(39,40)27-12-7-21(3)8-13-27/h7-16,20,24H,17-19H2,1-6H3,(H,34,38). The zero-order valence-electron chi connectivity index (χ0n) is 24.2. The zero-order chi connectivity index (χ0) is 30.5. The molecule has 0 saturated carbocycles. The van der Waals surface area contributed by atoms with E-state index in [1.54, 1.807) is 56.3 Å². The maximum atomic E-state index is 14.1. The van der Waals surface area contributed by atoms with E-state index in [2.05, 4.69) is 5.32 Å². The molecule has 0 aliphatic heterocycles. The van der Waals surface area contributed by atoms with Crippen LogP contribution < -0.4 is 9.62 Å². The summed E-state index contributed by atoms with van der Waals surface area (Å²) in [6, 6.07) is 15.8. The van der Waals surface area contributed by atoms with Crippen molar-refractivity contribution >= 4 is 50.7 Å². The lowest BCUT2D eigenvalue weighted by molar-refractivity contribution is -0.139. The molecule has 0 heterocycles. The largest absolute Gasteiger partial charge is 0.354 e. The predicted octanol–water partition coefficient (Wildman–Crippen LogP) is 6.30. The SMILES string of the molecule is Cc1ccc(S(=O)(=O)N(CC(=O)N(Cc2ccc(Cl)cc2Cl)C(C)C(=O)NCC(C)C)c2ccc(C)cc2C)cc1. The first-order valence-electron chi connectivity index (χ1n) is 13.4. The van der Waals surface area contributed by atoms with Gasteiger partial charge in [0.15, 0.2) is 0 Å². The summed E-state index contributed by atoms with van der Waals surface area (Å²) in [6.07, 6.45) is 0. The lowest BCUT2D eigenvalue weighted by Crippen LogP contribution is -2.51. The molecule has 3 aromatic carbocycles. The van der Waals surface area contributed by atoms with Crippen LogP contribution in [0.2, 0.25) is 10.0 Å². The van der Waals surface area contributed by atoms with Crippen LogP contribution >= 0.6 is 23.2 Å². The number of halogens is 2. The summed E-state index contributed by atoms with van der Waals surface area (Å²) in [5.41, 5.74) is 3.52. The highest BCUT2D eigenvalue weighted by atomic mass is 35.5. The van der Waals surface area contributed by atoms with Crippen LogP contribution in [0.1, 0.15) is 43.0 Å². The lowest BCUT2D eigenvalue weighted by atomic mass is 10.1. The molecular formula is C31H37Cl2N3O4S. The van der Waals surface area contributed by atoms with Crippen LogP contribution in [0, 0.1) is 26.7 Å². The minimum Gasteiger partial charge on any atom is -0.354 e. The van der Waals surface area contributed by atoms with Gasteiger partial charge < -0.3 is 10.2 Å². The Morgan fingerprint density at radius 3 is 2.10 bits per heavy atom. The Balaban J connectivity index is 2.07. The van der Waals surface area contributed by atoms with Gasteiger partial charge in [-0.3, -0.25) is 13.9 Å². The van der Waals surface area contributed by atoms with Gasteiger partial charge in [0.05, 0.1) is 10.6 Å². The highest BCUT2D eigenvalue weighted by Crippen LogP contribution is 2.29. The Morgan fingerprint density at radius 1 is 0.878 bits per heavy atom. The second-order valence-corrected chi connectivity index (χ2v) is 13.4. The second kappa shape index (κ2) is 13.7. The molecule has 7 nitrogen and oxygen atoms in total. The summed E-state index contributed by atoms with van der Waals surface area (Å²) >= 11 is 12.5. The quantitative estimate of drug-likeness (QED) is 0.273. The van der Waals surface area contributed by atoms with E-state index in [1.165, 1.54) is 17.0 Å². The first-order valence-corrected chi connectivity index (χ1v) is 15.6. The van der Waals surface area contributed by atoms with Crippen molar-refractivity contribution in [3.8, 4) is 0 Å². The van der Waals surface area contributed by atoms with Gasteiger partial charge in [-0.05, 0) is 75.1 Å². The Hall–Kier alpha value is -3.07. The van der Waals surface area contributed by atoms with Crippen molar-refractivity contribution in [3.05, 3.63) is 93.0 Å². The van der Waals surface area contributed by atoms with Gasteiger partial charge >= 0.3 is 0 Å². The highest BCUT2D eigenvalue weighted by Gasteiger charge is 2.33. The van der Waals surface area contributed by atoms with Gasteiger partial charge in [0.25, 0.3) is 10.0 Å². The van der Waals surface area contributed by atoms with Crippen molar-refractivity contribution < 1.29 is 18.0 Å². The average Bonchev–Trinajstić information content (AvgIpc) is 2.90. The molecule has 0 bridgehead atoms. The summed E-state index contributed by atoms with van der Waals surface area (Å²) < 4.78 is 29.1.